The van der Waals surface area contributed by atoms with E-state index in [9.17, 15) is 13.2 Å². The molecule has 0 saturated carbocycles. The number of benzene rings is 2. The van der Waals surface area contributed by atoms with Crippen molar-refractivity contribution in [2.24, 2.45) is 0 Å². The zero-order valence-corrected chi connectivity index (χ0v) is 17.7. The first-order valence-electron chi connectivity index (χ1n) is 10.1. The van der Waals surface area contributed by atoms with Crippen LogP contribution in [0, 0.1) is 6.92 Å². The van der Waals surface area contributed by atoms with Gasteiger partial charge in [0, 0.05) is 6.54 Å². The van der Waals surface area contributed by atoms with Gasteiger partial charge in [0.15, 0.2) is 0 Å². The molecule has 2 aromatic rings. The van der Waals surface area contributed by atoms with Gasteiger partial charge in [0.1, 0.15) is 0 Å². The monoisotopic (exact) mass is 415 g/mol. The lowest BCUT2D eigenvalue weighted by atomic mass is 10.1. The van der Waals surface area contributed by atoms with Crippen LogP contribution in [0.3, 0.4) is 0 Å². The second-order valence-corrected chi connectivity index (χ2v) is 9.16. The maximum atomic E-state index is 12.7. The van der Waals surface area contributed by atoms with E-state index in [0.717, 1.165) is 31.6 Å². The quantitative estimate of drug-likeness (QED) is 0.648. The van der Waals surface area contributed by atoms with Crippen molar-refractivity contribution < 1.29 is 13.2 Å². The van der Waals surface area contributed by atoms with E-state index in [2.05, 4.69) is 14.9 Å². The highest BCUT2D eigenvalue weighted by Gasteiger charge is 2.18. The fourth-order valence-electron chi connectivity index (χ4n) is 3.47. The molecule has 0 spiro atoms. The molecular formula is C22H29N3O3S. The first kappa shape index (κ1) is 21.3. The van der Waals surface area contributed by atoms with E-state index in [1.54, 1.807) is 48.5 Å². The Bertz CT molecular complexity index is 921. The van der Waals surface area contributed by atoms with E-state index in [4.69, 9.17) is 0 Å². The molecule has 0 atom stereocenters. The predicted molar refractivity (Wildman–Crippen MR) is 116 cm³/mol. The van der Waals surface area contributed by atoms with Gasteiger partial charge in [-0.3, -0.25) is 9.52 Å². The topological polar surface area (TPSA) is 78.5 Å². The number of hydrogen-bond donors (Lipinski definition) is 2. The summed E-state index contributed by atoms with van der Waals surface area (Å²) in [7, 11) is -3.76. The van der Waals surface area contributed by atoms with Crippen LogP contribution in [0.15, 0.2) is 53.4 Å². The Balaban J connectivity index is 1.60. The molecule has 2 N–H and O–H groups in total. The number of anilines is 1. The Morgan fingerprint density at radius 1 is 1.00 bits per heavy atom. The van der Waals surface area contributed by atoms with Crippen LogP contribution in [-0.4, -0.2) is 45.4 Å². The van der Waals surface area contributed by atoms with Gasteiger partial charge in [0.2, 0.25) is 0 Å². The number of amides is 1. The van der Waals surface area contributed by atoms with Gasteiger partial charge in [-0.25, -0.2) is 8.42 Å². The van der Waals surface area contributed by atoms with Crippen LogP contribution in [0.5, 0.6) is 0 Å². The summed E-state index contributed by atoms with van der Waals surface area (Å²) in [6.07, 6.45) is 4.69. The van der Waals surface area contributed by atoms with Crippen LogP contribution in [-0.2, 0) is 10.0 Å². The second kappa shape index (κ2) is 9.89. The number of carbonyl (C=O) groups excluding carboxylic acids is 1. The lowest BCUT2D eigenvalue weighted by molar-refractivity contribution is 0.0952. The van der Waals surface area contributed by atoms with Crippen LogP contribution in [0.25, 0.3) is 0 Å². The predicted octanol–water partition coefficient (Wildman–Crippen LogP) is 3.40. The van der Waals surface area contributed by atoms with Gasteiger partial charge < -0.3 is 10.2 Å². The smallest absolute Gasteiger partial charge is 0.261 e. The molecule has 29 heavy (non-hydrogen) atoms. The third-order valence-corrected chi connectivity index (χ3v) is 6.51. The van der Waals surface area contributed by atoms with E-state index in [-0.39, 0.29) is 16.5 Å². The molecule has 1 saturated heterocycles. The highest BCUT2D eigenvalue weighted by atomic mass is 32.2. The molecule has 3 rings (SSSR count). The van der Waals surface area contributed by atoms with Gasteiger partial charge in [-0.15, -0.1) is 0 Å². The van der Waals surface area contributed by atoms with Gasteiger partial charge >= 0.3 is 0 Å². The lowest BCUT2D eigenvalue weighted by Gasteiger charge is -2.26. The first-order valence-corrected chi connectivity index (χ1v) is 11.6. The molecule has 0 unspecified atom stereocenters. The molecule has 1 amide bonds. The van der Waals surface area contributed by atoms with E-state index in [1.165, 1.54) is 19.3 Å². The van der Waals surface area contributed by atoms with E-state index in [1.807, 2.05) is 6.92 Å². The van der Waals surface area contributed by atoms with Crippen LogP contribution < -0.4 is 10.0 Å². The fourth-order valence-corrected chi connectivity index (χ4v) is 4.55. The number of piperidine rings is 1. The fraction of sp³-hybridized carbons (Fsp3) is 0.409. The number of nitrogens with zero attached hydrogens (tertiary/aromatic N) is 1. The molecule has 1 aliphatic heterocycles. The first-order chi connectivity index (χ1) is 14.0. The zero-order valence-electron chi connectivity index (χ0n) is 16.9. The maximum absolute atomic E-state index is 12.7. The molecule has 156 valence electrons. The zero-order chi connectivity index (χ0) is 20.7. The average molecular weight is 416 g/mol. The molecule has 6 nitrogen and oxygen atoms in total. The largest absolute Gasteiger partial charge is 0.352 e. The van der Waals surface area contributed by atoms with Gasteiger partial charge in [-0.05, 0) is 70.1 Å². The van der Waals surface area contributed by atoms with Crippen LogP contribution in [0.4, 0.5) is 5.69 Å². The molecule has 1 aliphatic rings. The number of rotatable bonds is 8. The minimum Gasteiger partial charge on any atom is -0.352 e. The van der Waals surface area contributed by atoms with E-state index in [0.29, 0.717) is 12.1 Å². The average Bonchev–Trinajstić information content (AvgIpc) is 2.72. The summed E-state index contributed by atoms with van der Waals surface area (Å²) in [6.45, 7) is 5.71. The van der Waals surface area contributed by atoms with Crippen molar-refractivity contribution in [3.05, 3.63) is 59.7 Å². The third-order valence-electron chi connectivity index (χ3n) is 5.13. The summed E-state index contributed by atoms with van der Waals surface area (Å²) in [6, 6.07) is 13.3. The summed E-state index contributed by atoms with van der Waals surface area (Å²) < 4.78 is 27.9. The summed E-state index contributed by atoms with van der Waals surface area (Å²) in [5.41, 5.74) is 1.58. The standard InChI is InChI=1S/C22H29N3O3S/c1-18-10-12-19(13-11-18)29(27,28)24-21-9-4-3-8-20(21)22(26)23-14-7-17-25-15-5-2-6-16-25/h3-4,8-13,24H,2,5-7,14-17H2,1H3,(H,23,26). The summed E-state index contributed by atoms with van der Waals surface area (Å²) in [5.74, 6) is -0.272. The Morgan fingerprint density at radius 3 is 2.41 bits per heavy atom. The van der Waals surface area contributed by atoms with Gasteiger partial charge in [0.05, 0.1) is 16.1 Å². The highest BCUT2D eigenvalue weighted by Crippen LogP contribution is 2.20. The number of aryl methyl sites for hydroxylation is 1. The van der Waals surface area contributed by atoms with Crippen molar-refractivity contribution in [3.8, 4) is 0 Å². The molecule has 2 aromatic carbocycles. The Kier molecular flexibility index (Phi) is 7.28. The molecule has 7 heteroatoms. The summed E-state index contributed by atoms with van der Waals surface area (Å²) in [5, 5.41) is 2.91. The molecular weight excluding hydrogens is 386 g/mol. The minimum atomic E-state index is -3.76. The van der Waals surface area contributed by atoms with Gasteiger partial charge in [-0.2, -0.15) is 0 Å². The number of sulfonamides is 1. The van der Waals surface area contributed by atoms with E-state index < -0.39 is 10.0 Å². The lowest BCUT2D eigenvalue weighted by Crippen LogP contribution is -2.33. The van der Waals surface area contributed by atoms with Gasteiger partial charge in [0.25, 0.3) is 15.9 Å². The minimum absolute atomic E-state index is 0.167. The Hall–Kier alpha value is -2.38. The maximum Gasteiger partial charge on any atom is 0.261 e. The van der Waals surface area contributed by atoms with Gasteiger partial charge in [-0.1, -0.05) is 36.2 Å². The summed E-state index contributed by atoms with van der Waals surface area (Å²) >= 11 is 0. The number of carbonyl (C=O) groups is 1. The van der Waals surface area contributed by atoms with Crippen LogP contribution >= 0.6 is 0 Å². The number of para-hydroxylation sites is 1. The van der Waals surface area contributed by atoms with Crippen molar-refractivity contribution in [2.45, 2.75) is 37.5 Å². The molecule has 1 fully saturated rings. The summed E-state index contributed by atoms with van der Waals surface area (Å²) in [4.78, 5) is 15.2. The second-order valence-electron chi connectivity index (χ2n) is 7.48. The Morgan fingerprint density at radius 2 is 1.69 bits per heavy atom. The van der Waals surface area contributed by atoms with E-state index >= 15 is 0 Å². The van der Waals surface area contributed by atoms with Crippen molar-refractivity contribution in [3.63, 3.8) is 0 Å². The van der Waals surface area contributed by atoms with Crippen LogP contribution in [0.2, 0.25) is 0 Å². The molecule has 0 aliphatic carbocycles. The highest BCUT2D eigenvalue weighted by molar-refractivity contribution is 7.92. The van der Waals surface area contributed by atoms with Crippen molar-refractivity contribution in [1.29, 1.82) is 0 Å². The normalized spacial score (nSPS) is 15.1. The number of likely N-dealkylation sites (tertiary alicyclic amines) is 1. The molecule has 0 bridgehead atoms. The molecule has 0 radical (unpaired) electrons. The number of nitrogens with one attached hydrogen (secondary N) is 2. The third kappa shape index (κ3) is 6.05. The Labute approximate surface area is 173 Å². The van der Waals surface area contributed by atoms with Crippen molar-refractivity contribution >= 4 is 21.6 Å². The number of hydrogen-bond acceptors (Lipinski definition) is 4. The van der Waals surface area contributed by atoms with Crippen LogP contribution in [0.1, 0.15) is 41.6 Å². The SMILES string of the molecule is Cc1ccc(S(=O)(=O)Nc2ccccc2C(=O)NCCCN2CCCCC2)cc1. The van der Waals surface area contributed by atoms with Crippen molar-refractivity contribution in [2.75, 3.05) is 30.9 Å². The van der Waals surface area contributed by atoms with Crippen molar-refractivity contribution in [1.82, 2.24) is 10.2 Å². The molecule has 1 heterocycles. The molecule has 0 aromatic heterocycles.